The van der Waals surface area contributed by atoms with Gasteiger partial charge in [0.1, 0.15) is 12.2 Å². The van der Waals surface area contributed by atoms with Gasteiger partial charge in [0.15, 0.2) is 0 Å². The highest BCUT2D eigenvalue weighted by Gasteiger charge is 2.30. The van der Waals surface area contributed by atoms with E-state index in [0.29, 0.717) is 12.8 Å². The molecule has 132 valence electrons. The molecule has 1 atom stereocenters. The molecule has 1 aromatic heterocycles. The van der Waals surface area contributed by atoms with Crippen molar-refractivity contribution in [3.8, 4) is 0 Å². The van der Waals surface area contributed by atoms with E-state index in [9.17, 15) is 4.79 Å². The van der Waals surface area contributed by atoms with Crippen molar-refractivity contribution in [3.05, 3.63) is 83.4 Å². The van der Waals surface area contributed by atoms with E-state index in [1.54, 1.807) is 0 Å². The lowest BCUT2D eigenvalue weighted by Gasteiger charge is -2.37. The van der Waals surface area contributed by atoms with Gasteiger partial charge in [-0.2, -0.15) is 5.10 Å². The second-order valence-corrected chi connectivity index (χ2v) is 6.67. The number of aromatic nitrogens is 3. The standard InChI is InChI=1S/C21H22N4O/c26-21(11-10-20-22-15-23-24-20)25-13-12-17-8-4-5-9-18(17)19(25)14-16-6-2-1-3-7-16/h1-9,15,19H,10-14H2,(H,22,23,24). The van der Waals surface area contributed by atoms with Crippen molar-refractivity contribution in [3.63, 3.8) is 0 Å². The molecule has 0 aliphatic carbocycles. The van der Waals surface area contributed by atoms with Gasteiger partial charge < -0.3 is 4.90 Å². The topological polar surface area (TPSA) is 61.9 Å². The fourth-order valence-electron chi connectivity index (χ4n) is 3.73. The number of hydrogen-bond acceptors (Lipinski definition) is 3. The Hall–Kier alpha value is -2.95. The molecule has 1 aliphatic heterocycles. The second kappa shape index (κ2) is 7.52. The van der Waals surface area contributed by atoms with Gasteiger partial charge >= 0.3 is 0 Å². The molecule has 0 saturated carbocycles. The van der Waals surface area contributed by atoms with Crippen molar-refractivity contribution >= 4 is 5.91 Å². The summed E-state index contributed by atoms with van der Waals surface area (Å²) >= 11 is 0. The molecule has 0 spiro atoms. The van der Waals surface area contributed by atoms with Crippen LogP contribution in [0.1, 0.15) is 35.0 Å². The van der Waals surface area contributed by atoms with Crippen molar-refractivity contribution in [2.24, 2.45) is 0 Å². The third kappa shape index (κ3) is 3.52. The molecule has 4 rings (SSSR count). The summed E-state index contributed by atoms with van der Waals surface area (Å²) in [7, 11) is 0. The first-order chi connectivity index (χ1) is 12.8. The number of hydrogen-bond donors (Lipinski definition) is 1. The monoisotopic (exact) mass is 346 g/mol. The van der Waals surface area contributed by atoms with Crippen molar-refractivity contribution in [2.45, 2.75) is 31.7 Å². The minimum Gasteiger partial charge on any atom is -0.335 e. The lowest BCUT2D eigenvalue weighted by Crippen LogP contribution is -2.41. The summed E-state index contributed by atoms with van der Waals surface area (Å²) in [5.41, 5.74) is 3.88. The maximum absolute atomic E-state index is 13.0. The van der Waals surface area contributed by atoms with Gasteiger partial charge in [-0.25, -0.2) is 4.98 Å². The normalized spacial score (nSPS) is 16.3. The quantitative estimate of drug-likeness (QED) is 0.772. The second-order valence-electron chi connectivity index (χ2n) is 6.67. The van der Waals surface area contributed by atoms with Crippen LogP contribution in [0.3, 0.4) is 0 Å². The first-order valence-electron chi connectivity index (χ1n) is 9.06. The molecule has 1 unspecified atom stereocenters. The zero-order valence-corrected chi connectivity index (χ0v) is 14.6. The number of carbonyl (C=O) groups excluding carboxylic acids is 1. The van der Waals surface area contributed by atoms with Crippen LogP contribution < -0.4 is 0 Å². The van der Waals surface area contributed by atoms with Crippen molar-refractivity contribution in [2.75, 3.05) is 6.54 Å². The Morgan fingerprint density at radius 1 is 1.12 bits per heavy atom. The SMILES string of the molecule is O=C(CCc1ncn[nH]1)N1CCc2ccccc2C1Cc1ccccc1. The molecule has 5 nitrogen and oxygen atoms in total. The third-order valence-corrected chi connectivity index (χ3v) is 5.05. The number of carbonyl (C=O) groups is 1. The third-order valence-electron chi connectivity index (χ3n) is 5.05. The van der Waals surface area contributed by atoms with Crippen LogP contribution in [-0.4, -0.2) is 32.5 Å². The number of H-pyrrole nitrogens is 1. The molecule has 0 radical (unpaired) electrons. The Bertz CT molecular complexity index is 861. The van der Waals surface area contributed by atoms with Crippen LogP contribution in [0.5, 0.6) is 0 Å². The lowest BCUT2D eigenvalue weighted by molar-refractivity contribution is -0.134. The summed E-state index contributed by atoms with van der Waals surface area (Å²) < 4.78 is 0. The van der Waals surface area contributed by atoms with Crippen LogP contribution in [-0.2, 0) is 24.1 Å². The van der Waals surface area contributed by atoms with E-state index in [-0.39, 0.29) is 11.9 Å². The predicted octanol–water partition coefficient (Wildman–Crippen LogP) is 3.11. The predicted molar refractivity (Wildman–Crippen MR) is 99.4 cm³/mol. The molecule has 0 saturated heterocycles. The molecule has 1 amide bonds. The lowest BCUT2D eigenvalue weighted by atomic mass is 9.88. The van der Waals surface area contributed by atoms with Gasteiger partial charge in [0.25, 0.3) is 0 Å². The first-order valence-corrected chi connectivity index (χ1v) is 9.06. The van der Waals surface area contributed by atoms with E-state index in [4.69, 9.17) is 0 Å². The maximum Gasteiger partial charge on any atom is 0.223 e. The number of fused-ring (bicyclic) bond motifs is 1. The molecule has 26 heavy (non-hydrogen) atoms. The molecule has 1 N–H and O–H groups in total. The average Bonchev–Trinajstić information content (AvgIpc) is 3.21. The van der Waals surface area contributed by atoms with Gasteiger partial charge in [0.2, 0.25) is 5.91 Å². The van der Waals surface area contributed by atoms with Crippen molar-refractivity contribution < 1.29 is 4.79 Å². The highest BCUT2D eigenvalue weighted by Crippen LogP contribution is 2.33. The number of nitrogens with zero attached hydrogens (tertiary/aromatic N) is 3. The summed E-state index contributed by atoms with van der Waals surface area (Å²) in [6, 6.07) is 19.0. The number of nitrogens with one attached hydrogen (secondary N) is 1. The van der Waals surface area contributed by atoms with Crippen LogP contribution in [0.2, 0.25) is 0 Å². The van der Waals surface area contributed by atoms with Crippen molar-refractivity contribution in [1.82, 2.24) is 20.1 Å². The molecule has 1 aliphatic rings. The van der Waals surface area contributed by atoms with Gasteiger partial charge in [0.05, 0.1) is 6.04 Å². The summed E-state index contributed by atoms with van der Waals surface area (Å²) in [4.78, 5) is 19.1. The Kier molecular flexibility index (Phi) is 4.78. The highest BCUT2D eigenvalue weighted by atomic mass is 16.2. The van der Waals surface area contributed by atoms with Gasteiger partial charge in [-0.1, -0.05) is 54.6 Å². The smallest absolute Gasteiger partial charge is 0.223 e. The van der Waals surface area contributed by atoms with Crippen LogP contribution in [0.25, 0.3) is 0 Å². The van der Waals surface area contributed by atoms with Gasteiger partial charge in [-0.05, 0) is 29.5 Å². The molecular weight excluding hydrogens is 324 g/mol. The zero-order chi connectivity index (χ0) is 17.8. The highest BCUT2D eigenvalue weighted by molar-refractivity contribution is 5.77. The molecule has 3 aromatic rings. The maximum atomic E-state index is 13.0. The molecular formula is C21H22N4O. The zero-order valence-electron chi connectivity index (χ0n) is 14.6. The van der Waals surface area contributed by atoms with Crippen LogP contribution in [0, 0.1) is 0 Å². The molecule has 0 fully saturated rings. The molecule has 0 bridgehead atoms. The minimum absolute atomic E-state index is 0.0876. The first kappa shape index (κ1) is 16.5. The van der Waals surface area contributed by atoms with Crippen LogP contribution in [0.15, 0.2) is 60.9 Å². The van der Waals surface area contributed by atoms with E-state index in [1.807, 2.05) is 11.0 Å². The summed E-state index contributed by atoms with van der Waals surface area (Å²) in [5, 5.41) is 6.68. The van der Waals surface area contributed by atoms with Crippen LogP contribution in [0.4, 0.5) is 0 Å². The van der Waals surface area contributed by atoms with Gasteiger partial charge in [0, 0.05) is 19.4 Å². The van der Waals surface area contributed by atoms with E-state index in [1.165, 1.54) is 23.0 Å². The molecule has 5 heteroatoms. The Balaban J connectivity index is 1.56. The van der Waals surface area contributed by atoms with Gasteiger partial charge in [-0.15, -0.1) is 0 Å². The van der Waals surface area contributed by atoms with Crippen molar-refractivity contribution in [1.29, 1.82) is 0 Å². The number of aromatic amines is 1. The molecule has 2 aromatic carbocycles. The number of aryl methyl sites for hydroxylation is 1. The van der Waals surface area contributed by atoms with E-state index in [2.05, 4.69) is 63.7 Å². The minimum atomic E-state index is 0.0876. The fraction of sp³-hybridized carbons (Fsp3) is 0.286. The average molecular weight is 346 g/mol. The van der Waals surface area contributed by atoms with Crippen LogP contribution >= 0.6 is 0 Å². The van der Waals surface area contributed by atoms with Gasteiger partial charge in [-0.3, -0.25) is 9.89 Å². The van der Waals surface area contributed by atoms with E-state index >= 15 is 0 Å². The summed E-state index contributed by atoms with van der Waals surface area (Å²) in [6.07, 6.45) is 4.27. The Labute approximate surface area is 153 Å². The largest absolute Gasteiger partial charge is 0.335 e. The number of rotatable bonds is 5. The number of amides is 1. The van der Waals surface area contributed by atoms with E-state index < -0.39 is 0 Å². The van der Waals surface area contributed by atoms with E-state index in [0.717, 1.165) is 25.2 Å². The Morgan fingerprint density at radius 3 is 2.73 bits per heavy atom. The fourth-order valence-corrected chi connectivity index (χ4v) is 3.73. The summed E-state index contributed by atoms with van der Waals surface area (Å²) in [5.74, 6) is 0.937. The Morgan fingerprint density at radius 2 is 1.92 bits per heavy atom. The summed E-state index contributed by atoms with van der Waals surface area (Å²) in [6.45, 7) is 0.768. The number of benzene rings is 2. The molecule has 2 heterocycles.